The van der Waals surface area contributed by atoms with E-state index in [1.165, 1.54) is 5.56 Å². The minimum Gasteiger partial charge on any atom is -0.460 e. The molecule has 242 valence electrons. The molecule has 0 aliphatic heterocycles. The van der Waals surface area contributed by atoms with Gasteiger partial charge in [0.1, 0.15) is 0 Å². The second-order valence-corrected chi connectivity index (χ2v) is 13.4. The fourth-order valence-electron chi connectivity index (χ4n) is 6.78. The van der Waals surface area contributed by atoms with Crippen LogP contribution in [-0.4, -0.2) is 14.1 Å². The molecule has 0 amide bonds. The monoisotopic (exact) mass is 815 g/mol. The van der Waals surface area contributed by atoms with Gasteiger partial charge in [-0.05, 0) is 58.8 Å². The molecule has 0 aliphatic rings. The molecule has 5 aromatic carbocycles. The van der Waals surface area contributed by atoms with Crippen molar-refractivity contribution >= 4 is 43.8 Å². The fraction of sp³-hybridized carbons (Fsp3) is 0.116. The van der Waals surface area contributed by atoms with Gasteiger partial charge in [0.05, 0.1) is 23.0 Å². The van der Waals surface area contributed by atoms with E-state index < -0.39 is 0 Å². The molecule has 0 aliphatic carbocycles. The Bertz CT molecular complexity index is 2640. The van der Waals surface area contributed by atoms with E-state index in [1.54, 1.807) is 6.26 Å². The summed E-state index contributed by atoms with van der Waals surface area (Å²) in [4.78, 5) is 4.78. The molecular formula is C43H32N4OPt-2. The maximum atomic E-state index is 5.92. The number of pyridine rings is 1. The van der Waals surface area contributed by atoms with Gasteiger partial charge in [-0.2, -0.15) is 53.6 Å². The van der Waals surface area contributed by atoms with Gasteiger partial charge in [-0.25, -0.2) is 4.98 Å². The van der Waals surface area contributed by atoms with Crippen LogP contribution in [0.2, 0.25) is 0 Å². The smallest absolute Gasteiger partial charge is 0.268 e. The van der Waals surface area contributed by atoms with Crippen molar-refractivity contribution in [2.75, 3.05) is 0 Å². The molecular weight excluding hydrogens is 784 g/mol. The quantitative estimate of drug-likeness (QED) is 0.128. The van der Waals surface area contributed by atoms with Crippen molar-refractivity contribution in [3.05, 3.63) is 163 Å². The van der Waals surface area contributed by atoms with Gasteiger partial charge in [0.15, 0.2) is 11.4 Å². The number of aromatic nitrogens is 4. The predicted molar refractivity (Wildman–Crippen MR) is 191 cm³/mol. The van der Waals surface area contributed by atoms with Crippen molar-refractivity contribution in [1.29, 1.82) is 0 Å². The van der Waals surface area contributed by atoms with Crippen LogP contribution in [0.3, 0.4) is 0 Å². The van der Waals surface area contributed by atoms with E-state index in [0.717, 1.165) is 72.1 Å². The first kappa shape index (κ1) is 31.0. The summed E-state index contributed by atoms with van der Waals surface area (Å²) in [5, 5.41) is 3.31. The molecule has 0 spiro atoms. The number of fused-ring (bicyclic) bond motifs is 5. The number of nitrogens with zero attached hydrogens (tertiary/aromatic N) is 4. The van der Waals surface area contributed by atoms with Gasteiger partial charge >= 0.3 is 0 Å². The van der Waals surface area contributed by atoms with Gasteiger partial charge in [-0.15, -0.1) is 5.39 Å². The summed E-state index contributed by atoms with van der Waals surface area (Å²) in [7, 11) is 0. The Morgan fingerprint density at radius 2 is 1.51 bits per heavy atom. The van der Waals surface area contributed by atoms with Crippen molar-refractivity contribution in [1.82, 2.24) is 14.1 Å². The maximum absolute atomic E-state index is 5.92. The van der Waals surface area contributed by atoms with E-state index >= 15 is 0 Å². The first-order valence-electron chi connectivity index (χ1n) is 16.3. The van der Waals surface area contributed by atoms with Crippen molar-refractivity contribution < 1.29 is 30.0 Å². The summed E-state index contributed by atoms with van der Waals surface area (Å²) in [6, 6.07) is 47.8. The average Bonchev–Trinajstić information content (AvgIpc) is 3.82. The third-order valence-corrected chi connectivity index (χ3v) is 9.22. The molecule has 0 saturated carbocycles. The van der Waals surface area contributed by atoms with E-state index in [9.17, 15) is 0 Å². The van der Waals surface area contributed by atoms with E-state index in [4.69, 9.17) is 9.40 Å². The fourth-order valence-corrected chi connectivity index (χ4v) is 6.78. The third kappa shape index (κ3) is 5.30. The summed E-state index contributed by atoms with van der Waals surface area (Å²) in [6.45, 7) is 6.72. The van der Waals surface area contributed by atoms with Gasteiger partial charge in [-0.3, -0.25) is 4.57 Å². The largest absolute Gasteiger partial charge is 0.460 e. The Morgan fingerprint density at radius 1 is 0.735 bits per heavy atom. The van der Waals surface area contributed by atoms with E-state index in [2.05, 4.69) is 156 Å². The second kappa shape index (κ2) is 12.0. The number of hydrogen-bond acceptors (Lipinski definition) is 2. The molecule has 0 atom stereocenters. The summed E-state index contributed by atoms with van der Waals surface area (Å²) in [5.74, 6) is 0.766. The van der Waals surface area contributed by atoms with Crippen LogP contribution >= 0.6 is 0 Å². The van der Waals surface area contributed by atoms with Crippen LogP contribution in [-0.2, 0) is 32.9 Å². The van der Waals surface area contributed by atoms with Crippen molar-refractivity contribution in [3.8, 4) is 17.2 Å². The standard InChI is InChI=1S/C43H32N4O.Pt/c1-43(2,3)32-16-18-33(19-17-32)45-28-46(39-14-7-6-13-38(39)45)34-10-8-9-29(26-34)25-30-15-20-36-35-11-4-5-12-37(35)47(40(36)27-30)42-41-31(21-23-44-42)22-24-48-41;/h4-24H,25H2,1-3H3;/q-2;. The summed E-state index contributed by atoms with van der Waals surface area (Å²) in [5.41, 5.74) is 10.5. The molecule has 6 heteroatoms. The first-order chi connectivity index (χ1) is 23.4. The van der Waals surface area contributed by atoms with E-state index in [1.807, 2.05) is 18.3 Å². The van der Waals surface area contributed by atoms with E-state index in [-0.39, 0.29) is 26.5 Å². The Balaban J connectivity index is 0.00000348. The van der Waals surface area contributed by atoms with Gasteiger partial charge in [-0.1, -0.05) is 80.9 Å². The molecule has 9 aromatic rings. The molecule has 0 bridgehead atoms. The minimum atomic E-state index is 0. The molecule has 4 aromatic heterocycles. The molecule has 0 fully saturated rings. The van der Waals surface area contributed by atoms with Crippen molar-refractivity contribution in [2.45, 2.75) is 32.6 Å². The van der Waals surface area contributed by atoms with Crippen LogP contribution in [0.1, 0.15) is 37.5 Å². The number of benzene rings is 5. The Hall–Kier alpha value is -5.25. The number of imidazole rings is 1. The normalized spacial score (nSPS) is 11.9. The number of hydrogen-bond donors (Lipinski definition) is 0. The molecule has 0 N–H and O–H groups in total. The molecule has 0 radical (unpaired) electrons. The minimum absolute atomic E-state index is 0. The molecule has 49 heavy (non-hydrogen) atoms. The van der Waals surface area contributed by atoms with Crippen LogP contribution in [0.25, 0.3) is 61.0 Å². The Morgan fingerprint density at radius 3 is 2.35 bits per heavy atom. The van der Waals surface area contributed by atoms with Crippen LogP contribution in [0.15, 0.2) is 132 Å². The molecule has 4 heterocycles. The van der Waals surface area contributed by atoms with Crippen molar-refractivity contribution in [2.24, 2.45) is 0 Å². The zero-order valence-corrected chi connectivity index (χ0v) is 29.6. The average molecular weight is 816 g/mol. The Labute approximate surface area is 299 Å². The Kier molecular flexibility index (Phi) is 7.61. The summed E-state index contributed by atoms with van der Waals surface area (Å²) in [6.07, 6.45) is 7.86. The molecule has 0 saturated heterocycles. The zero-order valence-electron chi connectivity index (χ0n) is 27.3. The van der Waals surface area contributed by atoms with Gasteiger partial charge in [0.25, 0.3) is 6.33 Å². The van der Waals surface area contributed by atoms with Gasteiger partial charge in [0, 0.05) is 38.2 Å². The summed E-state index contributed by atoms with van der Waals surface area (Å²) >= 11 is 0. The summed E-state index contributed by atoms with van der Waals surface area (Å²) < 4.78 is 12.3. The second-order valence-electron chi connectivity index (χ2n) is 13.4. The van der Waals surface area contributed by atoms with Crippen LogP contribution < -0.4 is 4.57 Å². The number of furan rings is 1. The first-order valence-corrected chi connectivity index (χ1v) is 16.3. The molecule has 5 nitrogen and oxygen atoms in total. The topological polar surface area (TPSA) is 39.8 Å². The molecule has 0 unspecified atom stereocenters. The maximum Gasteiger partial charge on any atom is 0.268 e. The molecule has 9 rings (SSSR count). The number of rotatable bonds is 5. The SMILES string of the molecule is CC(C)(C)c1ccc(-[n+]2[c-]n(-c3[c-]c(Cc4[c-]c5c(cc4)c4ccccc4n5-c4nccc5ccoc45)ccc3)c3ccccc32)cc1.[Pt]. The van der Waals surface area contributed by atoms with Crippen LogP contribution in [0.4, 0.5) is 0 Å². The van der Waals surface area contributed by atoms with Crippen LogP contribution in [0, 0.1) is 18.5 Å². The predicted octanol–water partition coefficient (Wildman–Crippen LogP) is 9.43. The van der Waals surface area contributed by atoms with Crippen molar-refractivity contribution in [3.63, 3.8) is 0 Å². The third-order valence-electron chi connectivity index (χ3n) is 9.22. The van der Waals surface area contributed by atoms with E-state index in [0.29, 0.717) is 6.42 Å². The van der Waals surface area contributed by atoms with Gasteiger partial charge < -0.3 is 13.6 Å². The van der Waals surface area contributed by atoms with Crippen LogP contribution in [0.5, 0.6) is 0 Å². The zero-order chi connectivity index (χ0) is 32.4. The number of para-hydroxylation sites is 3. The van der Waals surface area contributed by atoms with Gasteiger partial charge in [0.2, 0.25) is 0 Å².